The normalized spacial score (nSPS) is 17.4. The van der Waals surface area contributed by atoms with E-state index in [0.29, 0.717) is 24.4 Å². The molecule has 0 bridgehead atoms. The topological polar surface area (TPSA) is 69.4 Å². The second-order valence-electron chi connectivity index (χ2n) is 6.98. The molecule has 0 N–H and O–H groups in total. The van der Waals surface area contributed by atoms with E-state index in [9.17, 15) is 4.79 Å². The standard InChI is InChI=1S/C20H17ClN4O2S/c1-10-23-24-16-9-22-18(11-3-5-13(21)6-4-11)17-14-7-12(20(26)27-2)8-15(14)28-19(17)25(10)16/h3-6,12H,7-9H2,1-2H3. The molecule has 1 unspecified atom stereocenters. The molecule has 6 nitrogen and oxygen atoms in total. The molecule has 2 aliphatic rings. The zero-order chi connectivity index (χ0) is 19.4. The number of ether oxygens (including phenoxy) is 1. The summed E-state index contributed by atoms with van der Waals surface area (Å²) >= 11 is 7.79. The molecule has 0 fully saturated rings. The average Bonchev–Trinajstić information content (AvgIpc) is 3.33. The van der Waals surface area contributed by atoms with Crippen LogP contribution in [0.3, 0.4) is 0 Å². The Kier molecular flexibility index (Phi) is 4.10. The maximum Gasteiger partial charge on any atom is 0.309 e. The van der Waals surface area contributed by atoms with Crippen LogP contribution in [0, 0.1) is 12.8 Å². The van der Waals surface area contributed by atoms with Crippen LogP contribution in [0.2, 0.25) is 5.02 Å². The second-order valence-corrected chi connectivity index (χ2v) is 8.50. The van der Waals surface area contributed by atoms with E-state index in [1.165, 1.54) is 17.6 Å². The lowest BCUT2D eigenvalue weighted by atomic mass is 9.98. The molecule has 0 amide bonds. The van der Waals surface area contributed by atoms with E-state index >= 15 is 0 Å². The van der Waals surface area contributed by atoms with Crippen molar-refractivity contribution in [3.8, 4) is 5.00 Å². The number of hydrogen-bond donors (Lipinski definition) is 0. The summed E-state index contributed by atoms with van der Waals surface area (Å²) in [6.07, 6.45) is 1.36. The zero-order valence-corrected chi connectivity index (χ0v) is 17.0. The second kappa shape index (κ2) is 6.53. The lowest BCUT2D eigenvalue weighted by Gasteiger charge is -2.12. The van der Waals surface area contributed by atoms with Gasteiger partial charge in [-0.25, -0.2) is 0 Å². The first kappa shape index (κ1) is 17.6. The Morgan fingerprint density at radius 2 is 2.04 bits per heavy atom. The van der Waals surface area contributed by atoms with Crippen LogP contribution in [0.15, 0.2) is 29.3 Å². The number of nitrogens with zero attached hydrogens (tertiary/aromatic N) is 4. The van der Waals surface area contributed by atoms with Gasteiger partial charge in [-0.05, 0) is 37.5 Å². The van der Waals surface area contributed by atoms with E-state index in [-0.39, 0.29) is 11.9 Å². The number of esters is 1. The number of methoxy groups -OCH3 is 1. The minimum Gasteiger partial charge on any atom is -0.469 e. The Labute approximate surface area is 170 Å². The highest BCUT2D eigenvalue weighted by Gasteiger charge is 2.36. The Balaban J connectivity index is 1.71. The van der Waals surface area contributed by atoms with Gasteiger partial charge in [0.2, 0.25) is 0 Å². The van der Waals surface area contributed by atoms with E-state index in [2.05, 4.69) is 14.8 Å². The third-order valence-electron chi connectivity index (χ3n) is 5.32. The summed E-state index contributed by atoms with van der Waals surface area (Å²) in [6, 6.07) is 7.72. The number of hydrogen-bond acceptors (Lipinski definition) is 6. The number of thiophene rings is 1. The van der Waals surface area contributed by atoms with Gasteiger partial charge in [0.05, 0.1) is 18.7 Å². The number of aromatic nitrogens is 3. The third-order valence-corrected chi connectivity index (χ3v) is 6.81. The van der Waals surface area contributed by atoms with Crippen LogP contribution in [-0.4, -0.2) is 33.6 Å². The zero-order valence-electron chi connectivity index (χ0n) is 15.4. The Morgan fingerprint density at radius 1 is 1.25 bits per heavy atom. The molecule has 0 saturated heterocycles. The van der Waals surface area contributed by atoms with Crippen LogP contribution in [0.4, 0.5) is 0 Å². The van der Waals surface area contributed by atoms with Crippen molar-refractivity contribution in [2.24, 2.45) is 10.9 Å². The van der Waals surface area contributed by atoms with Gasteiger partial charge in [0.25, 0.3) is 0 Å². The molecular weight excluding hydrogens is 396 g/mol. The van der Waals surface area contributed by atoms with Gasteiger partial charge in [-0.1, -0.05) is 23.7 Å². The number of halogens is 1. The van der Waals surface area contributed by atoms with Crippen molar-refractivity contribution in [3.05, 3.63) is 62.5 Å². The highest BCUT2D eigenvalue weighted by molar-refractivity contribution is 7.15. The smallest absolute Gasteiger partial charge is 0.309 e. The van der Waals surface area contributed by atoms with Crippen LogP contribution in [0.1, 0.15) is 33.2 Å². The number of rotatable bonds is 2. The number of carbonyl (C=O) groups is 1. The number of aliphatic imine (C=N–C) groups is 1. The van der Waals surface area contributed by atoms with Gasteiger partial charge >= 0.3 is 5.97 Å². The fourth-order valence-corrected chi connectivity index (χ4v) is 5.60. The van der Waals surface area contributed by atoms with Gasteiger partial charge in [-0.15, -0.1) is 21.5 Å². The first-order valence-corrected chi connectivity index (χ1v) is 10.2. The molecule has 28 heavy (non-hydrogen) atoms. The molecule has 1 aromatic carbocycles. The molecular formula is C20H17ClN4O2S. The maximum atomic E-state index is 12.1. The van der Waals surface area contributed by atoms with E-state index in [1.54, 1.807) is 11.3 Å². The minimum absolute atomic E-state index is 0.132. The summed E-state index contributed by atoms with van der Waals surface area (Å²) in [5.74, 6) is 1.38. The van der Waals surface area contributed by atoms with Crippen molar-refractivity contribution in [1.82, 2.24) is 14.8 Å². The van der Waals surface area contributed by atoms with Gasteiger partial charge in [-0.2, -0.15) is 0 Å². The van der Waals surface area contributed by atoms with Gasteiger partial charge in [0.1, 0.15) is 17.4 Å². The SMILES string of the molecule is COC(=O)C1Cc2sc3c(c2C1)C(c1ccc(Cl)cc1)=NCc1nnc(C)n1-3. The fraction of sp³-hybridized carbons (Fsp3) is 0.300. The molecule has 5 rings (SSSR count). The van der Waals surface area contributed by atoms with Gasteiger partial charge in [-0.3, -0.25) is 14.4 Å². The van der Waals surface area contributed by atoms with Gasteiger partial charge in [0, 0.05) is 21.0 Å². The van der Waals surface area contributed by atoms with Crippen molar-refractivity contribution in [2.75, 3.05) is 7.11 Å². The van der Waals surface area contributed by atoms with E-state index in [0.717, 1.165) is 33.5 Å². The van der Waals surface area contributed by atoms with Crippen LogP contribution in [-0.2, 0) is 28.9 Å². The van der Waals surface area contributed by atoms with E-state index in [1.807, 2.05) is 31.2 Å². The lowest BCUT2D eigenvalue weighted by Crippen LogP contribution is -2.17. The molecule has 0 radical (unpaired) electrons. The molecule has 142 valence electrons. The molecule has 0 spiro atoms. The summed E-state index contributed by atoms with van der Waals surface area (Å²) < 4.78 is 7.08. The van der Waals surface area contributed by atoms with Crippen LogP contribution < -0.4 is 0 Å². The monoisotopic (exact) mass is 412 g/mol. The summed E-state index contributed by atoms with van der Waals surface area (Å²) in [5, 5.41) is 10.3. The number of carbonyl (C=O) groups excluding carboxylic acids is 1. The summed E-state index contributed by atoms with van der Waals surface area (Å²) in [7, 11) is 1.45. The van der Waals surface area contributed by atoms with Crippen LogP contribution >= 0.6 is 22.9 Å². The molecule has 2 aromatic heterocycles. The maximum absolute atomic E-state index is 12.1. The molecule has 1 aliphatic carbocycles. The predicted octanol–water partition coefficient (Wildman–Crippen LogP) is 3.53. The number of fused-ring (bicyclic) bond motifs is 5. The largest absolute Gasteiger partial charge is 0.469 e. The average molecular weight is 413 g/mol. The summed E-state index contributed by atoms with van der Waals surface area (Å²) in [5.41, 5.74) is 4.18. The van der Waals surface area contributed by atoms with Crippen molar-refractivity contribution in [3.63, 3.8) is 0 Å². The number of aryl methyl sites for hydroxylation is 1. The highest BCUT2D eigenvalue weighted by Crippen LogP contribution is 2.43. The Hall–Kier alpha value is -2.51. The van der Waals surface area contributed by atoms with E-state index < -0.39 is 0 Å². The first-order valence-electron chi connectivity index (χ1n) is 9.01. The van der Waals surface area contributed by atoms with Crippen LogP contribution in [0.5, 0.6) is 0 Å². The molecule has 0 saturated carbocycles. The number of benzene rings is 1. The molecule has 8 heteroatoms. The lowest BCUT2D eigenvalue weighted by molar-refractivity contribution is -0.145. The summed E-state index contributed by atoms with van der Waals surface area (Å²) in [6.45, 7) is 2.41. The van der Waals surface area contributed by atoms with Crippen molar-refractivity contribution >= 4 is 34.6 Å². The van der Waals surface area contributed by atoms with E-state index in [4.69, 9.17) is 21.3 Å². The van der Waals surface area contributed by atoms with Crippen molar-refractivity contribution in [2.45, 2.75) is 26.3 Å². The Morgan fingerprint density at radius 3 is 2.79 bits per heavy atom. The quantitative estimate of drug-likeness (QED) is 0.604. The van der Waals surface area contributed by atoms with Crippen molar-refractivity contribution < 1.29 is 9.53 Å². The molecule has 1 aliphatic heterocycles. The minimum atomic E-state index is -0.156. The van der Waals surface area contributed by atoms with Crippen LogP contribution in [0.25, 0.3) is 5.00 Å². The van der Waals surface area contributed by atoms with Gasteiger partial charge < -0.3 is 4.74 Å². The summed E-state index contributed by atoms with van der Waals surface area (Å²) in [4.78, 5) is 18.2. The molecule has 1 atom stereocenters. The Bertz CT molecular complexity index is 1130. The van der Waals surface area contributed by atoms with Crippen molar-refractivity contribution in [1.29, 1.82) is 0 Å². The molecule has 3 aromatic rings. The predicted molar refractivity (Wildman–Crippen MR) is 108 cm³/mol. The van der Waals surface area contributed by atoms with Gasteiger partial charge in [0.15, 0.2) is 5.82 Å². The molecule has 3 heterocycles. The fourth-order valence-electron chi connectivity index (χ4n) is 4.00. The first-order chi connectivity index (χ1) is 13.6. The third kappa shape index (κ3) is 2.61. The highest BCUT2D eigenvalue weighted by atomic mass is 35.5.